The van der Waals surface area contributed by atoms with Crippen LogP contribution in [0.3, 0.4) is 0 Å². The molecule has 23 heavy (non-hydrogen) atoms. The number of likely N-dealkylation sites (N-methyl/N-ethyl adjacent to an activating group) is 1. The lowest BCUT2D eigenvalue weighted by Crippen LogP contribution is -2.54. The topological polar surface area (TPSA) is 66.8 Å². The first kappa shape index (κ1) is 17.3. The Morgan fingerprint density at radius 1 is 1.35 bits per heavy atom. The number of carbonyl (C=O) groups excluding carboxylic acids is 1. The van der Waals surface area contributed by atoms with Crippen molar-refractivity contribution in [1.29, 1.82) is 0 Å². The van der Waals surface area contributed by atoms with Gasteiger partial charge >= 0.3 is 12.1 Å². The fourth-order valence-corrected chi connectivity index (χ4v) is 3.23. The number of hydrogen-bond acceptors (Lipinski definition) is 3. The lowest BCUT2D eigenvalue weighted by Gasteiger charge is -2.38. The Labute approximate surface area is 137 Å². The maximum Gasteiger partial charge on any atom is 0.411 e. The number of aliphatic carboxylic acids is 1. The summed E-state index contributed by atoms with van der Waals surface area (Å²) < 4.78 is 5.45. The first-order valence-corrected chi connectivity index (χ1v) is 7.96. The average Bonchev–Trinajstić information content (AvgIpc) is 2.77. The molecule has 0 heterocycles. The summed E-state index contributed by atoms with van der Waals surface area (Å²) in [5, 5.41) is 10.0. The quantitative estimate of drug-likeness (QED) is 0.926. The van der Waals surface area contributed by atoms with E-state index in [0.717, 1.165) is 11.1 Å². The maximum atomic E-state index is 12.6. The first-order valence-electron chi connectivity index (χ1n) is 7.96. The minimum atomic E-state index is -1.35. The van der Waals surface area contributed by atoms with Gasteiger partial charge in [0, 0.05) is 6.54 Å². The highest BCUT2D eigenvalue weighted by Crippen LogP contribution is 2.43. The van der Waals surface area contributed by atoms with Gasteiger partial charge in [0.05, 0.1) is 0 Å². The number of carboxylic acids is 1. The van der Waals surface area contributed by atoms with Crippen LogP contribution >= 0.6 is 0 Å². The third-order valence-corrected chi connectivity index (χ3v) is 4.21. The molecule has 1 aromatic carbocycles. The van der Waals surface area contributed by atoms with E-state index in [1.54, 1.807) is 27.7 Å². The zero-order chi connectivity index (χ0) is 17.4. The van der Waals surface area contributed by atoms with Crippen molar-refractivity contribution >= 4 is 12.1 Å². The molecule has 1 aliphatic rings. The van der Waals surface area contributed by atoms with Crippen LogP contribution < -0.4 is 0 Å². The van der Waals surface area contributed by atoms with Gasteiger partial charge in [-0.3, -0.25) is 4.90 Å². The number of carboxylic acid groups (broad SMARTS) is 1. The normalized spacial score (nSPS) is 20.0. The molecule has 0 bridgehead atoms. The summed E-state index contributed by atoms with van der Waals surface area (Å²) in [5.74, 6) is -1.01. The van der Waals surface area contributed by atoms with Crippen LogP contribution in [0.1, 0.15) is 50.8 Å². The number of fused-ring (bicyclic) bond motifs is 1. The van der Waals surface area contributed by atoms with E-state index in [9.17, 15) is 14.7 Å². The Kier molecular flexibility index (Phi) is 4.42. The molecular formula is C18H25NO4. The minimum absolute atomic E-state index is 0.272. The van der Waals surface area contributed by atoms with Crippen LogP contribution in [-0.2, 0) is 21.5 Å². The van der Waals surface area contributed by atoms with Crippen molar-refractivity contribution in [2.75, 3.05) is 6.54 Å². The van der Waals surface area contributed by atoms with Crippen LogP contribution in [0.4, 0.5) is 4.79 Å². The summed E-state index contributed by atoms with van der Waals surface area (Å²) in [6.07, 6.45) is 0.423. The highest BCUT2D eigenvalue weighted by molar-refractivity contribution is 5.87. The molecule has 1 unspecified atom stereocenters. The van der Waals surface area contributed by atoms with Gasteiger partial charge in [0.1, 0.15) is 5.60 Å². The van der Waals surface area contributed by atoms with E-state index in [4.69, 9.17) is 4.74 Å². The third kappa shape index (κ3) is 3.05. The Balaban J connectivity index is 2.53. The van der Waals surface area contributed by atoms with E-state index in [1.807, 2.05) is 25.1 Å². The van der Waals surface area contributed by atoms with E-state index in [2.05, 4.69) is 0 Å². The molecule has 2 rings (SSSR count). The van der Waals surface area contributed by atoms with Gasteiger partial charge in [-0.05, 0) is 58.6 Å². The molecule has 0 radical (unpaired) electrons. The van der Waals surface area contributed by atoms with Crippen molar-refractivity contribution in [3.8, 4) is 0 Å². The largest absolute Gasteiger partial charge is 0.479 e. The van der Waals surface area contributed by atoms with Crippen molar-refractivity contribution in [3.63, 3.8) is 0 Å². The lowest BCUT2D eigenvalue weighted by atomic mass is 9.89. The van der Waals surface area contributed by atoms with Gasteiger partial charge in [-0.1, -0.05) is 23.8 Å². The molecule has 1 N–H and O–H groups in total. The molecule has 5 heteroatoms. The molecule has 1 atom stereocenters. The van der Waals surface area contributed by atoms with Gasteiger partial charge in [-0.25, -0.2) is 9.59 Å². The molecule has 0 fully saturated rings. The smallest absolute Gasteiger partial charge is 0.411 e. The Bertz CT molecular complexity index is 632. The fourth-order valence-electron chi connectivity index (χ4n) is 3.23. The van der Waals surface area contributed by atoms with Crippen LogP contribution in [-0.4, -0.2) is 34.2 Å². The number of rotatable bonds is 3. The van der Waals surface area contributed by atoms with Crippen molar-refractivity contribution in [3.05, 3.63) is 34.9 Å². The number of amides is 1. The predicted octanol–water partition coefficient (Wildman–Crippen LogP) is 3.48. The SMILES string of the molecule is CCN(C(=O)OC(C)(C)C)C1(C(=O)O)CCc2ccc(C)cc21. The average molecular weight is 319 g/mol. The number of carbonyl (C=O) groups is 2. The Hall–Kier alpha value is -2.04. The number of nitrogens with zero attached hydrogens (tertiary/aromatic N) is 1. The highest BCUT2D eigenvalue weighted by atomic mass is 16.6. The first-order chi connectivity index (χ1) is 10.6. The second-order valence-corrected chi connectivity index (χ2v) is 7.05. The van der Waals surface area contributed by atoms with E-state index < -0.39 is 23.2 Å². The Morgan fingerprint density at radius 3 is 2.52 bits per heavy atom. The number of benzene rings is 1. The van der Waals surface area contributed by atoms with Crippen molar-refractivity contribution < 1.29 is 19.4 Å². The molecule has 126 valence electrons. The third-order valence-electron chi connectivity index (χ3n) is 4.21. The van der Waals surface area contributed by atoms with Crippen LogP contribution in [0.25, 0.3) is 0 Å². The number of hydrogen-bond donors (Lipinski definition) is 1. The molecule has 0 saturated heterocycles. The summed E-state index contributed by atoms with van der Waals surface area (Å²) in [6.45, 7) is 9.31. The van der Waals surface area contributed by atoms with Crippen LogP contribution in [0.2, 0.25) is 0 Å². The van der Waals surface area contributed by atoms with Gasteiger partial charge in [0.15, 0.2) is 5.54 Å². The van der Waals surface area contributed by atoms with E-state index in [1.165, 1.54) is 4.90 Å². The van der Waals surface area contributed by atoms with Gasteiger partial charge in [0.2, 0.25) is 0 Å². The second-order valence-electron chi connectivity index (χ2n) is 7.05. The summed E-state index contributed by atoms with van der Waals surface area (Å²) >= 11 is 0. The summed E-state index contributed by atoms with van der Waals surface area (Å²) in [7, 11) is 0. The summed E-state index contributed by atoms with van der Waals surface area (Å²) in [4.78, 5) is 26.2. The monoisotopic (exact) mass is 319 g/mol. The van der Waals surface area contributed by atoms with Gasteiger partial charge in [0.25, 0.3) is 0 Å². The molecular weight excluding hydrogens is 294 g/mol. The predicted molar refractivity (Wildman–Crippen MR) is 87.4 cm³/mol. The summed E-state index contributed by atoms with van der Waals surface area (Å²) in [6, 6.07) is 5.81. The maximum absolute atomic E-state index is 12.6. The van der Waals surface area contributed by atoms with E-state index >= 15 is 0 Å². The lowest BCUT2D eigenvalue weighted by molar-refractivity contribution is -0.152. The second kappa shape index (κ2) is 5.87. The molecule has 0 aliphatic heterocycles. The van der Waals surface area contributed by atoms with Gasteiger partial charge < -0.3 is 9.84 Å². The van der Waals surface area contributed by atoms with E-state index in [-0.39, 0.29) is 6.54 Å². The van der Waals surface area contributed by atoms with Crippen LogP contribution in [0.5, 0.6) is 0 Å². The fraction of sp³-hybridized carbons (Fsp3) is 0.556. The van der Waals surface area contributed by atoms with Crippen LogP contribution in [0.15, 0.2) is 18.2 Å². The molecule has 1 aromatic rings. The molecule has 5 nitrogen and oxygen atoms in total. The standard InChI is InChI=1S/C18H25NO4/c1-6-19(16(22)23-17(3,4)5)18(15(20)21)10-9-13-8-7-12(2)11-14(13)18/h7-8,11H,6,9-10H2,1-5H3,(H,20,21). The minimum Gasteiger partial charge on any atom is -0.479 e. The molecule has 0 saturated carbocycles. The molecule has 0 aromatic heterocycles. The van der Waals surface area contributed by atoms with Crippen molar-refractivity contribution in [1.82, 2.24) is 4.90 Å². The van der Waals surface area contributed by atoms with Crippen molar-refractivity contribution in [2.24, 2.45) is 0 Å². The van der Waals surface area contributed by atoms with E-state index in [0.29, 0.717) is 18.4 Å². The molecule has 0 spiro atoms. The number of ether oxygens (including phenoxy) is 1. The zero-order valence-electron chi connectivity index (χ0n) is 14.5. The molecule has 1 aliphatic carbocycles. The summed E-state index contributed by atoms with van der Waals surface area (Å²) in [5.41, 5.74) is 0.658. The zero-order valence-corrected chi connectivity index (χ0v) is 14.5. The highest BCUT2D eigenvalue weighted by Gasteiger charge is 2.52. The Morgan fingerprint density at radius 2 is 2.00 bits per heavy atom. The van der Waals surface area contributed by atoms with Gasteiger partial charge in [-0.2, -0.15) is 0 Å². The van der Waals surface area contributed by atoms with Crippen molar-refractivity contribution in [2.45, 2.75) is 58.6 Å². The number of aryl methyl sites for hydroxylation is 2. The molecule has 1 amide bonds. The van der Waals surface area contributed by atoms with Gasteiger partial charge in [-0.15, -0.1) is 0 Å². The van der Waals surface area contributed by atoms with Crippen LogP contribution in [0, 0.1) is 6.92 Å².